The van der Waals surface area contributed by atoms with Crippen LogP contribution in [0.3, 0.4) is 0 Å². The summed E-state index contributed by atoms with van der Waals surface area (Å²) in [5, 5.41) is 11.5. The van der Waals surface area contributed by atoms with Crippen molar-refractivity contribution in [2.45, 2.75) is 24.7 Å². The van der Waals surface area contributed by atoms with Crippen LogP contribution >= 0.6 is 11.8 Å². The molecule has 0 radical (unpaired) electrons. The highest BCUT2D eigenvalue weighted by molar-refractivity contribution is 8.16. The number of aromatic hydroxyl groups is 1. The molecular weight excluding hydrogens is 466 g/mol. The number of thioether (sulfide) groups is 1. The maximum atomic E-state index is 12.1. The average molecular weight is 490 g/mol. The van der Waals surface area contributed by atoms with Crippen LogP contribution < -0.4 is 14.8 Å². The Morgan fingerprint density at radius 2 is 1.69 bits per heavy atom. The van der Waals surface area contributed by atoms with Gasteiger partial charge in [0, 0.05) is 13.1 Å². The van der Waals surface area contributed by atoms with Gasteiger partial charge < -0.3 is 19.1 Å². The largest absolute Gasteiger partial charge is 0.508 e. The second-order valence-electron chi connectivity index (χ2n) is 8.52. The number of rotatable bonds is 7. The molecule has 2 heterocycles. The van der Waals surface area contributed by atoms with E-state index in [9.17, 15) is 14.7 Å². The Bertz CT molecular complexity index is 1420. The highest BCUT2D eigenvalue weighted by Gasteiger charge is 2.43. The smallest absolute Gasteiger partial charge is 0.286 e. The van der Waals surface area contributed by atoms with Gasteiger partial charge in [0.2, 0.25) is 5.91 Å². The number of carbonyl (C=O) groups is 2. The summed E-state index contributed by atoms with van der Waals surface area (Å²) >= 11 is 1.03. The van der Waals surface area contributed by atoms with Crippen molar-refractivity contribution in [3.8, 4) is 23.0 Å². The lowest BCUT2D eigenvalue weighted by molar-refractivity contribution is -0.121. The molecule has 3 aromatic carbocycles. The Morgan fingerprint density at radius 1 is 1.00 bits per heavy atom. The molecular formula is C26H23N3O5S. The van der Waals surface area contributed by atoms with E-state index in [2.05, 4.69) is 10.3 Å². The van der Waals surface area contributed by atoms with Gasteiger partial charge in [-0.05, 0) is 79.2 Å². The Balaban J connectivity index is 1.25. The Kier molecular flexibility index (Phi) is 5.86. The number of benzene rings is 3. The van der Waals surface area contributed by atoms with Crippen LogP contribution in [0.25, 0.3) is 11.0 Å². The second kappa shape index (κ2) is 8.99. The highest BCUT2D eigenvalue weighted by atomic mass is 32.2. The zero-order chi connectivity index (χ0) is 24.6. The van der Waals surface area contributed by atoms with Crippen molar-refractivity contribution in [3.63, 3.8) is 0 Å². The van der Waals surface area contributed by atoms with Gasteiger partial charge in [-0.3, -0.25) is 14.9 Å². The van der Waals surface area contributed by atoms with Crippen LogP contribution in [0.5, 0.6) is 23.0 Å². The molecule has 178 valence electrons. The Labute approximate surface area is 205 Å². The minimum absolute atomic E-state index is 0.185. The predicted octanol–water partition coefficient (Wildman–Crippen LogP) is 4.93. The van der Waals surface area contributed by atoms with Crippen molar-refractivity contribution in [3.05, 3.63) is 78.1 Å². The van der Waals surface area contributed by atoms with E-state index in [1.807, 2.05) is 54.1 Å². The van der Waals surface area contributed by atoms with E-state index in [4.69, 9.17) is 9.47 Å². The fraction of sp³-hybridized carbons (Fsp3) is 0.192. The van der Waals surface area contributed by atoms with E-state index in [0.717, 1.165) is 34.2 Å². The number of aromatic nitrogens is 2. The summed E-state index contributed by atoms with van der Waals surface area (Å²) < 4.78 is 13.0. The summed E-state index contributed by atoms with van der Waals surface area (Å²) in [6, 6.07) is 19.7. The van der Waals surface area contributed by atoms with Crippen molar-refractivity contribution < 1.29 is 24.2 Å². The van der Waals surface area contributed by atoms with E-state index in [1.165, 1.54) is 0 Å². The van der Waals surface area contributed by atoms with E-state index >= 15 is 0 Å². The number of nitrogens with zero attached hydrogens (tertiary/aromatic N) is 2. The molecule has 0 saturated carbocycles. The van der Waals surface area contributed by atoms with Crippen LogP contribution in [0.2, 0.25) is 0 Å². The summed E-state index contributed by atoms with van der Waals surface area (Å²) in [5.74, 6) is 2.66. The van der Waals surface area contributed by atoms with Gasteiger partial charge in [-0.25, -0.2) is 4.98 Å². The number of nitrogens with one attached hydrogen (secondary N) is 1. The Hall–Kier alpha value is -3.98. The number of phenolic OH excluding ortho intramolecular Hbond substituents is 1. The van der Waals surface area contributed by atoms with Crippen LogP contribution in [0, 0.1) is 0 Å². The molecule has 9 heteroatoms. The molecule has 1 atom stereocenters. The number of phenols is 1. The van der Waals surface area contributed by atoms with Crippen LogP contribution in [0.1, 0.15) is 18.3 Å². The molecule has 1 aliphatic rings. The topological polar surface area (TPSA) is 103 Å². The molecule has 1 aromatic heterocycles. The highest BCUT2D eigenvalue weighted by Crippen LogP contribution is 2.35. The molecule has 1 saturated heterocycles. The van der Waals surface area contributed by atoms with Crippen molar-refractivity contribution >= 4 is 33.9 Å². The van der Waals surface area contributed by atoms with Crippen LogP contribution in [0.4, 0.5) is 4.79 Å². The summed E-state index contributed by atoms with van der Waals surface area (Å²) in [5.41, 5.74) is 2.68. The van der Waals surface area contributed by atoms with Crippen molar-refractivity contribution in [2.75, 3.05) is 0 Å². The van der Waals surface area contributed by atoms with Gasteiger partial charge in [0.05, 0.1) is 11.0 Å². The normalized spacial score (nSPS) is 17.5. The molecule has 0 aliphatic carbocycles. The fourth-order valence-electron chi connectivity index (χ4n) is 3.92. The van der Waals surface area contributed by atoms with Crippen molar-refractivity contribution in [1.29, 1.82) is 0 Å². The van der Waals surface area contributed by atoms with Gasteiger partial charge in [-0.2, -0.15) is 0 Å². The number of hydrogen-bond acceptors (Lipinski definition) is 7. The first-order valence-electron chi connectivity index (χ1n) is 11.0. The lowest BCUT2D eigenvalue weighted by Gasteiger charge is -2.18. The van der Waals surface area contributed by atoms with E-state index in [0.29, 0.717) is 23.7 Å². The first-order chi connectivity index (χ1) is 16.8. The van der Waals surface area contributed by atoms with Gasteiger partial charge in [0.15, 0.2) is 0 Å². The number of amides is 2. The van der Waals surface area contributed by atoms with Crippen LogP contribution in [-0.2, 0) is 24.9 Å². The van der Waals surface area contributed by atoms with Crippen molar-refractivity contribution in [1.82, 2.24) is 14.9 Å². The van der Waals surface area contributed by atoms with E-state index < -0.39 is 4.75 Å². The number of ether oxygens (including phenoxy) is 2. The third-order valence-corrected chi connectivity index (χ3v) is 6.93. The summed E-state index contributed by atoms with van der Waals surface area (Å²) in [6.07, 6.45) is 0.453. The number of fused-ring (bicyclic) bond motifs is 1. The number of imidazole rings is 1. The summed E-state index contributed by atoms with van der Waals surface area (Å²) in [4.78, 5) is 28.3. The molecule has 0 bridgehead atoms. The van der Waals surface area contributed by atoms with E-state index in [-0.39, 0.29) is 23.5 Å². The zero-order valence-electron chi connectivity index (χ0n) is 19.1. The maximum absolute atomic E-state index is 12.1. The monoisotopic (exact) mass is 489 g/mol. The van der Waals surface area contributed by atoms with Gasteiger partial charge in [0.1, 0.15) is 40.2 Å². The molecule has 5 rings (SSSR count). The Morgan fingerprint density at radius 3 is 2.37 bits per heavy atom. The van der Waals surface area contributed by atoms with Gasteiger partial charge in [-0.1, -0.05) is 12.1 Å². The quantitative estimate of drug-likeness (QED) is 0.379. The zero-order valence-corrected chi connectivity index (χ0v) is 20.0. The summed E-state index contributed by atoms with van der Waals surface area (Å²) in [7, 11) is 1.92. The molecule has 0 unspecified atom stereocenters. The standard InChI is InChI=1S/C26H23N3O5S/c1-26(24(31)28-25(32)35-26)14-16-3-7-18(8-4-16)33-15-23-27-21-12-11-20(13-22(21)29(23)2)34-19-9-5-17(30)6-10-19/h3-13,30H,14-15H2,1-2H3,(H,28,31,32)/t26-/m0/s1. The third-order valence-electron chi connectivity index (χ3n) is 5.86. The van der Waals surface area contributed by atoms with E-state index in [1.54, 1.807) is 31.2 Å². The van der Waals surface area contributed by atoms with Crippen LogP contribution in [0.15, 0.2) is 66.7 Å². The first kappa shape index (κ1) is 22.8. The molecule has 8 nitrogen and oxygen atoms in total. The molecule has 1 aliphatic heterocycles. The average Bonchev–Trinajstić information content (AvgIpc) is 3.28. The maximum Gasteiger partial charge on any atom is 0.286 e. The minimum atomic E-state index is -0.794. The SMILES string of the molecule is Cn1c(COc2ccc(C[C@]3(C)SC(=O)NC3=O)cc2)nc2ccc(Oc3ccc(O)cc3)cc21. The molecule has 1 fully saturated rings. The molecule has 0 spiro atoms. The van der Waals surface area contributed by atoms with Crippen LogP contribution in [-0.4, -0.2) is 30.6 Å². The lowest BCUT2D eigenvalue weighted by atomic mass is 9.99. The summed E-state index contributed by atoms with van der Waals surface area (Å²) in [6.45, 7) is 2.05. The molecule has 2 amide bonds. The number of carbonyl (C=O) groups excluding carboxylic acids is 2. The molecule has 35 heavy (non-hydrogen) atoms. The number of imide groups is 1. The number of aryl methyl sites for hydroxylation is 1. The fourth-order valence-corrected chi connectivity index (χ4v) is 4.86. The lowest BCUT2D eigenvalue weighted by Crippen LogP contribution is -2.35. The van der Waals surface area contributed by atoms with Gasteiger partial charge in [0.25, 0.3) is 5.24 Å². The minimum Gasteiger partial charge on any atom is -0.508 e. The second-order valence-corrected chi connectivity index (χ2v) is 9.99. The predicted molar refractivity (Wildman–Crippen MR) is 133 cm³/mol. The van der Waals surface area contributed by atoms with Gasteiger partial charge in [-0.15, -0.1) is 0 Å². The molecule has 2 N–H and O–H groups in total. The number of hydrogen-bond donors (Lipinski definition) is 2. The molecule has 4 aromatic rings. The van der Waals surface area contributed by atoms with Gasteiger partial charge >= 0.3 is 0 Å². The first-order valence-corrected chi connectivity index (χ1v) is 11.8. The third kappa shape index (κ3) is 4.81. The van der Waals surface area contributed by atoms with Crippen molar-refractivity contribution in [2.24, 2.45) is 7.05 Å².